The van der Waals surface area contributed by atoms with E-state index in [2.05, 4.69) is 38.0 Å². The Balaban J connectivity index is 2.66. The summed E-state index contributed by atoms with van der Waals surface area (Å²) in [6.45, 7) is 8.59. The standard InChI is InChI=1S/C21H28N2O3/c1-13(2)19(15-10-17(25-5)21(24)18(11-15)26-6)20(14(3)4)23-16-8-7-9-22-12-16/h7-14,23-24H,1-6H3/b20-19+. The highest BCUT2D eigenvalue weighted by Gasteiger charge is 2.20. The number of aromatic nitrogens is 1. The van der Waals surface area contributed by atoms with E-state index in [-0.39, 0.29) is 17.6 Å². The zero-order valence-corrected chi connectivity index (χ0v) is 16.3. The number of pyridine rings is 1. The van der Waals surface area contributed by atoms with E-state index in [4.69, 9.17) is 9.47 Å². The van der Waals surface area contributed by atoms with Crippen molar-refractivity contribution < 1.29 is 14.6 Å². The molecule has 2 N–H and O–H groups in total. The van der Waals surface area contributed by atoms with Gasteiger partial charge in [0.25, 0.3) is 0 Å². The molecular weight excluding hydrogens is 328 g/mol. The molecule has 0 amide bonds. The second kappa shape index (κ2) is 8.61. The summed E-state index contributed by atoms with van der Waals surface area (Å²) in [4.78, 5) is 4.18. The van der Waals surface area contributed by atoms with Crippen molar-refractivity contribution in [1.29, 1.82) is 0 Å². The van der Waals surface area contributed by atoms with Gasteiger partial charge in [0.15, 0.2) is 11.5 Å². The van der Waals surface area contributed by atoms with Crippen molar-refractivity contribution in [2.75, 3.05) is 19.5 Å². The molecule has 5 nitrogen and oxygen atoms in total. The third-order valence-corrected chi connectivity index (χ3v) is 4.18. The van der Waals surface area contributed by atoms with Crippen molar-refractivity contribution in [3.05, 3.63) is 47.9 Å². The number of phenols is 1. The van der Waals surface area contributed by atoms with E-state index in [9.17, 15) is 5.11 Å². The van der Waals surface area contributed by atoms with Crippen LogP contribution in [0.4, 0.5) is 5.69 Å². The Labute approximate surface area is 155 Å². The first-order valence-corrected chi connectivity index (χ1v) is 8.75. The molecule has 1 heterocycles. The van der Waals surface area contributed by atoms with Crippen LogP contribution in [0, 0.1) is 11.8 Å². The summed E-state index contributed by atoms with van der Waals surface area (Å²) in [6.07, 6.45) is 3.56. The number of nitrogens with one attached hydrogen (secondary N) is 1. The Bertz CT molecular complexity index is 743. The summed E-state index contributed by atoms with van der Waals surface area (Å²) in [5, 5.41) is 13.7. The lowest BCUT2D eigenvalue weighted by atomic mass is 9.89. The maximum atomic E-state index is 10.2. The molecule has 2 aromatic rings. The van der Waals surface area contributed by atoms with Crippen LogP contribution in [0.5, 0.6) is 17.2 Å². The third kappa shape index (κ3) is 4.28. The molecule has 26 heavy (non-hydrogen) atoms. The lowest BCUT2D eigenvalue weighted by Gasteiger charge is -2.24. The summed E-state index contributed by atoms with van der Waals surface area (Å²) >= 11 is 0. The minimum atomic E-state index is 0.00757. The maximum Gasteiger partial charge on any atom is 0.200 e. The molecular formula is C21H28N2O3. The van der Waals surface area contributed by atoms with Gasteiger partial charge in [0.1, 0.15) is 0 Å². The molecule has 1 aromatic carbocycles. The molecule has 0 atom stereocenters. The molecule has 0 aliphatic heterocycles. The third-order valence-electron chi connectivity index (χ3n) is 4.18. The number of benzene rings is 1. The number of ether oxygens (including phenoxy) is 2. The monoisotopic (exact) mass is 356 g/mol. The number of methoxy groups -OCH3 is 2. The number of rotatable bonds is 7. The lowest BCUT2D eigenvalue weighted by molar-refractivity contribution is 0.339. The number of nitrogens with zero attached hydrogens (tertiary/aromatic N) is 1. The minimum Gasteiger partial charge on any atom is -0.502 e. The second-order valence-electron chi connectivity index (χ2n) is 6.73. The molecule has 0 radical (unpaired) electrons. The number of hydrogen-bond donors (Lipinski definition) is 2. The average Bonchev–Trinajstić information content (AvgIpc) is 2.62. The van der Waals surface area contributed by atoms with E-state index >= 15 is 0 Å². The molecule has 1 aromatic heterocycles. The average molecular weight is 356 g/mol. The summed E-state index contributed by atoms with van der Waals surface area (Å²) in [7, 11) is 3.07. The van der Waals surface area contributed by atoms with Gasteiger partial charge in [-0.15, -0.1) is 0 Å². The molecule has 0 unspecified atom stereocenters. The SMILES string of the molecule is COc1cc(/C(=C(/Nc2cccnc2)C(C)C)C(C)C)cc(OC)c1O. The Morgan fingerprint density at radius 1 is 1.04 bits per heavy atom. The molecule has 5 heteroatoms. The molecule has 0 spiro atoms. The van der Waals surface area contributed by atoms with Gasteiger partial charge in [0.2, 0.25) is 5.75 Å². The molecule has 0 fully saturated rings. The fraction of sp³-hybridized carbons (Fsp3) is 0.381. The van der Waals surface area contributed by atoms with Crippen LogP contribution in [0.2, 0.25) is 0 Å². The number of anilines is 1. The predicted octanol–water partition coefficient (Wildman–Crippen LogP) is 4.94. The zero-order valence-electron chi connectivity index (χ0n) is 16.3. The van der Waals surface area contributed by atoms with Crippen molar-refractivity contribution in [3.63, 3.8) is 0 Å². The number of allylic oxidation sites excluding steroid dienone is 2. The smallest absolute Gasteiger partial charge is 0.200 e. The van der Waals surface area contributed by atoms with Crippen LogP contribution in [-0.4, -0.2) is 24.3 Å². The van der Waals surface area contributed by atoms with Gasteiger partial charge in [0, 0.05) is 11.9 Å². The van der Waals surface area contributed by atoms with Crippen LogP contribution >= 0.6 is 0 Å². The van der Waals surface area contributed by atoms with Crippen molar-refractivity contribution in [1.82, 2.24) is 4.98 Å². The first-order valence-electron chi connectivity index (χ1n) is 8.75. The van der Waals surface area contributed by atoms with E-state index in [1.807, 2.05) is 24.3 Å². The molecule has 0 saturated carbocycles. The van der Waals surface area contributed by atoms with E-state index in [0.29, 0.717) is 11.5 Å². The number of phenolic OH excluding ortho intramolecular Hbond substituents is 1. The summed E-state index contributed by atoms with van der Waals surface area (Å²) in [6, 6.07) is 7.59. The van der Waals surface area contributed by atoms with Gasteiger partial charge < -0.3 is 19.9 Å². The first kappa shape index (κ1) is 19.6. The van der Waals surface area contributed by atoms with Gasteiger partial charge in [-0.3, -0.25) is 4.98 Å². The highest BCUT2D eigenvalue weighted by Crippen LogP contribution is 2.41. The van der Waals surface area contributed by atoms with Crippen LogP contribution in [0.3, 0.4) is 0 Å². The van der Waals surface area contributed by atoms with Crippen molar-refractivity contribution in [3.8, 4) is 17.2 Å². The van der Waals surface area contributed by atoms with Gasteiger partial charge in [0.05, 0.1) is 26.1 Å². The van der Waals surface area contributed by atoms with Crippen LogP contribution in [0.1, 0.15) is 33.3 Å². The van der Waals surface area contributed by atoms with E-state index in [1.165, 1.54) is 14.2 Å². The van der Waals surface area contributed by atoms with E-state index in [0.717, 1.165) is 22.5 Å². The molecule has 0 saturated heterocycles. The van der Waals surface area contributed by atoms with Gasteiger partial charge >= 0.3 is 0 Å². The molecule has 0 aliphatic rings. The van der Waals surface area contributed by atoms with Gasteiger partial charge in [-0.25, -0.2) is 0 Å². The molecule has 140 valence electrons. The van der Waals surface area contributed by atoms with Crippen LogP contribution in [-0.2, 0) is 0 Å². The molecule has 0 aliphatic carbocycles. The Morgan fingerprint density at radius 3 is 2.08 bits per heavy atom. The fourth-order valence-electron chi connectivity index (χ4n) is 2.96. The highest BCUT2D eigenvalue weighted by molar-refractivity contribution is 5.76. The van der Waals surface area contributed by atoms with Crippen LogP contribution in [0.15, 0.2) is 42.4 Å². The Hall–Kier alpha value is -2.69. The molecule has 0 bridgehead atoms. The Kier molecular flexibility index (Phi) is 6.50. The molecule has 2 rings (SSSR count). The zero-order chi connectivity index (χ0) is 19.3. The minimum absolute atomic E-state index is 0.00757. The van der Waals surface area contributed by atoms with Crippen molar-refractivity contribution >= 4 is 11.3 Å². The van der Waals surface area contributed by atoms with Crippen LogP contribution < -0.4 is 14.8 Å². The fourth-order valence-corrected chi connectivity index (χ4v) is 2.96. The summed E-state index contributed by atoms with van der Waals surface area (Å²) in [5.74, 6) is 1.30. The van der Waals surface area contributed by atoms with Gasteiger partial charge in [-0.05, 0) is 47.2 Å². The maximum absolute atomic E-state index is 10.2. The van der Waals surface area contributed by atoms with Crippen LogP contribution in [0.25, 0.3) is 5.57 Å². The largest absolute Gasteiger partial charge is 0.502 e. The normalized spacial score (nSPS) is 12.2. The van der Waals surface area contributed by atoms with Gasteiger partial charge in [-0.1, -0.05) is 27.7 Å². The summed E-state index contributed by atoms with van der Waals surface area (Å²) < 4.78 is 10.7. The van der Waals surface area contributed by atoms with Gasteiger partial charge in [-0.2, -0.15) is 0 Å². The lowest BCUT2D eigenvalue weighted by Crippen LogP contribution is -2.13. The predicted molar refractivity (Wildman–Crippen MR) is 106 cm³/mol. The van der Waals surface area contributed by atoms with Crippen molar-refractivity contribution in [2.45, 2.75) is 27.7 Å². The highest BCUT2D eigenvalue weighted by atomic mass is 16.5. The first-order chi connectivity index (χ1) is 12.4. The quantitative estimate of drug-likeness (QED) is 0.736. The number of hydrogen-bond acceptors (Lipinski definition) is 5. The van der Waals surface area contributed by atoms with E-state index < -0.39 is 0 Å². The summed E-state index contributed by atoms with van der Waals surface area (Å²) in [5.41, 5.74) is 4.13. The Morgan fingerprint density at radius 2 is 1.65 bits per heavy atom. The topological polar surface area (TPSA) is 63.6 Å². The second-order valence-corrected chi connectivity index (χ2v) is 6.73. The van der Waals surface area contributed by atoms with E-state index in [1.54, 1.807) is 12.4 Å². The number of aromatic hydroxyl groups is 1. The van der Waals surface area contributed by atoms with Crippen molar-refractivity contribution in [2.24, 2.45) is 11.8 Å².